The van der Waals surface area contributed by atoms with Gasteiger partial charge in [0.1, 0.15) is 5.82 Å². The summed E-state index contributed by atoms with van der Waals surface area (Å²) < 4.78 is 4.14. The summed E-state index contributed by atoms with van der Waals surface area (Å²) in [5, 5.41) is 8.79. The van der Waals surface area contributed by atoms with Crippen molar-refractivity contribution in [2.45, 2.75) is 25.3 Å². The van der Waals surface area contributed by atoms with E-state index in [4.69, 9.17) is 5.73 Å². The fraction of sp³-hybridized carbons (Fsp3) is 0.643. The number of likely N-dealkylation sites (tertiary alicyclic amines) is 1. The molecule has 0 unspecified atom stereocenters. The van der Waals surface area contributed by atoms with Crippen molar-refractivity contribution >= 4 is 0 Å². The number of aromatic nitrogens is 5. The zero-order valence-electron chi connectivity index (χ0n) is 12.5. The predicted octanol–water partition coefficient (Wildman–Crippen LogP) is 0.198. The van der Waals surface area contributed by atoms with Gasteiger partial charge in [-0.1, -0.05) is 0 Å². The van der Waals surface area contributed by atoms with E-state index in [2.05, 4.69) is 31.7 Å². The Labute approximate surface area is 124 Å². The summed E-state index contributed by atoms with van der Waals surface area (Å²) in [7, 11) is 2.06. The molecule has 0 amide bonds. The molecule has 1 atom stereocenters. The van der Waals surface area contributed by atoms with Crippen molar-refractivity contribution in [2.24, 2.45) is 12.8 Å². The second-order valence-corrected chi connectivity index (χ2v) is 5.70. The maximum absolute atomic E-state index is 5.67. The Bertz CT molecular complexity index is 558. The van der Waals surface area contributed by atoms with Crippen LogP contribution < -0.4 is 5.73 Å². The number of imidazole rings is 1. The lowest BCUT2D eigenvalue weighted by Gasteiger charge is -2.31. The molecule has 3 rings (SSSR count). The summed E-state index contributed by atoms with van der Waals surface area (Å²) in [6, 6.07) is 0. The van der Waals surface area contributed by atoms with Gasteiger partial charge in [0.15, 0.2) is 5.82 Å². The molecule has 3 heterocycles. The van der Waals surface area contributed by atoms with Crippen molar-refractivity contribution in [1.82, 2.24) is 29.2 Å². The van der Waals surface area contributed by atoms with Gasteiger partial charge in [0.2, 0.25) is 0 Å². The van der Waals surface area contributed by atoms with E-state index >= 15 is 0 Å². The highest BCUT2D eigenvalue weighted by atomic mass is 15.3. The van der Waals surface area contributed by atoms with Crippen LogP contribution in [0.25, 0.3) is 0 Å². The minimum absolute atomic E-state index is 0.458. The van der Waals surface area contributed by atoms with Gasteiger partial charge < -0.3 is 19.8 Å². The average molecular weight is 289 g/mol. The van der Waals surface area contributed by atoms with Crippen molar-refractivity contribution in [3.63, 3.8) is 0 Å². The van der Waals surface area contributed by atoms with Crippen LogP contribution in [0.4, 0.5) is 0 Å². The van der Waals surface area contributed by atoms with Crippen LogP contribution in [0.15, 0.2) is 18.7 Å². The van der Waals surface area contributed by atoms with Gasteiger partial charge in [0.05, 0.1) is 12.9 Å². The second-order valence-electron chi connectivity index (χ2n) is 5.70. The van der Waals surface area contributed by atoms with E-state index in [0.29, 0.717) is 12.5 Å². The van der Waals surface area contributed by atoms with Crippen molar-refractivity contribution in [1.29, 1.82) is 0 Å². The fourth-order valence-corrected chi connectivity index (χ4v) is 3.06. The maximum atomic E-state index is 5.67. The van der Waals surface area contributed by atoms with Crippen molar-refractivity contribution in [3.8, 4) is 0 Å². The SMILES string of the molecule is Cn1c(Cn2ccnc2)nnc1[C@@H]1CCCN(CCN)C1. The predicted molar refractivity (Wildman–Crippen MR) is 79.8 cm³/mol. The quantitative estimate of drug-likeness (QED) is 0.850. The third-order valence-electron chi connectivity index (χ3n) is 4.20. The second kappa shape index (κ2) is 6.36. The van der Waals surface area contributed by atoms with E-state index in [1.54, 1.807) is 12.5 Å². The molecule has 7 nitrogen and oxygen atoms in total. The van der Waals surface area contributed by atoms with Crippen LogP contribution in [0, 0.1) is 0 Å². The smallest absolute Gasteiger partial charge is 0.152 e. The third-order valence-corrected chi connectivity index (χ3v) is 4.20. The first-order chi connectivity index (χ1) is 10.3. The summed E-state index contributed by atoms with van der Waals surface area (Å²) in [5.41, 5.74) is 5.67. The van der Waals surface area contributed by atoms with Gasteiger partial charge in [-0.15, -0.1) is 10.2 Å². The zero-order valence-corrected chi connectivity index (χ0v) is 12.5. The summed E-state index contributed by atoms with van der Waals surface area (Å²) >= 11 is 0. The van der Waals surface area contributed by atoms with Crippen LogP contribution in [-0.2, 0) is 13.6 Å². The molecule has 0 bridgehead atoms. The van der Waals surface area contributed by atoms with Gasteiger partial charge in [-0.2, -0.15) is 0 Å². The molecule has 1 aliphatic rings. The zero-order chi connectivity index (χ0) is 14.7. The number of rotatable bonds is 5. The van der Waals surface area contributed by atoms with Crippen LogP contribution in [0.1, 0.15) is 30.4 Å². The number of piperidine rings is 1. The number of hydrogen-bond acceptors (Lipinski definition) is 5. The summed E-state index contributed by atoms with van der Waals surface area (Å²) in [5.74, 6) is 2.52. The third kappa shape index (κ3) is 3.14. The Kier molecular flexibility index (Phi) is 4.31. The fourth-order valence-electron chi connectivity index (χ4n) is 3.06. The Morgan fingerprint density at radius 3 is 3.05 bits per heavy atom. The molecule has 2 aromatic rings. The summed E-state index contributed by atoms with van der Waals surface area (Å²) in [4.78, 5) is 6.49. The molecule has 1 aliphatic heterocycles. The maximum Gasteiger partial charge on any atom is 0.152 e. The number of nitrogens with two attached hydrogens (primary N) is 1. The minimum Gasteiger partial charge on any atom is -0.330 e. The van der Waals surface area contributed by atoms with Crippen molar-refractivity contribution in [2.75, 3.05) is 26.2 Å². The van der Waals surface area contributed by atoms with Gasteiger partial charge in [-0.3, -0.25) is 0 Å². The number of nitrogens with zero attached hydrogens (tertiary/aromatic N) is 6. The van der Waals surface area contributed by atoms with Crippen LogP contribution >= 0.6 is 0 Å². The molecule has 21 heavy (non-hydrogen) atoms. The monoisotopic (exact) mass is 289 g/mol. The Hall–Kier alpha value is -1.73. The van der Waals surface area contributed by atoms with Gasteiger partial charge in [-0.25, -0.2) is 4.98 Å². The molecule has 1 saturated heterocycles. The van der Waals surface area contributed by atoms with Gasteiger partial charge >= 0.3 is 0 Å². The largest absolute Gasteiger partial charge is 0.330 e. The summed E-state index contributed by atoms with van der Waals surface area (Å²) in [6.45, 7) is 4.58. The van der Waals surface area contributed by atoms with Gasteiger partial charge in [0, 0.05) is 45.0 Å². The van der Waals surface area contributed by atoms with Crippen LogP contribution in [-0.4, -0.2) is 55.4 Å². The minimum atomic E-state index is 0.458. The molecule has 0 aliphatic carbocycles. The highest BCUT2D eigenvalue weighted by Gasteiger charge is 2.25. The van der Waals surface area contributed by atoms with Crippen molar-refractivity contribution in [3.05, 3.63) is 30.4 Å². The first-order valence-corrected chi connectivity index (χ1v) is 7.54. The van der Waals surface area contributed by atoms with E-state index in [1.807, 2.05) is 10.8 Å². The average Bonchev–Trinajstić information content (AvgIpc) is 3.11. The molecule has 0 aromatic carbocycles. The Morgan fingerprint density at radius 1 is 1.38 bits per heavy atom. The van der Waals surface area contributed by atoms with E-state index < -0.39 is 0 Å². The summed E-state index contributed by atoms with van der Waals surface area (Å²) in [6.07, 6.45) is 7.91. The topological polar surface area (TPSA) is 77.8 Å². The van der Waals surface area contributed by atoms with E-state index in [-0.39, 0.29) is 0 Å². The molecule has 2 N–H and O–H groups in total. The van der Waals surface area contributed by atoms with Crippen LogP contribution in [0.3, 0.4) is 0 Å². The lowest BCUT2D eigenvalue weighted by molar-refractivity contribution is 0.207. The van der Waals surface area contributed by atoms with Crippen LogP contribution in [0.5, 0.6) is 0 Å². The molecule has 0 saturated carbocycles. The standard InChI is InChI=1S/C14H23N7/c1-19-13(10-21-8-5-16-11-21)17-18-14(19)12-3-2-6-20(9-12)7-4-15/h5,8,11-12H,2-4,6-7,9-10,15H2,1H3/t12-/m1/s1. The van der Waals surface area contributed by atoms with E-state index in [0.717, 1.165) is 37.8 Å². The highest BCUT2D eigenvalue weighted by molar-refractivity contribution is 5.04. The lowest BCUT2D eigenvalue weighted by Crippen LogP contribution is -2.38. The molecular formula is C14H23N7. The van der Waals surface area contributed by atoms with Gasteiger partial charge in [0.25, 0.3) is 0 Å². The van der Waals surface area contributed by atoms with Gasteiger partial charge in [-0.05, 0) is 19.4 Å². The normalized spacial score (nSPS) is 20.0. The molecule has 7 heteroatoms. The first-order valence-electron chi connectivity index (χ1n) is 7.54. The van der Waals surface area contributed by atoms with Crippen molar-refractivity contribution < 1.29 is 0 Å². The molecule has 1 fully saturated rings. The Balaban J connectivity index is 1.72. The first kappa shape index (κ1) is 14.2. The lowest BCUT2D eigenvalue weighted by atomic mass is 9.97. The van der Waals surface area contributed by atoms with Crippen LogP contribution in [0.2, 0.25) is 0 Å². The molecule has 2 aromatic heterocycles. The number of hydrogen-bond donors (Lipinski definition) is 1. The Morgan fingerprint density at radius 2 is 2.29 bits per heavy atom. The molecule has 114 valence electrons. The van der Waals surface area contributed by atoms with E-state index in [1.165, 1.54) is 12.8 Å². The molecule has 0 radical (unpaired) electrons. The molecular weight excluding hydrogens is 266 g/mol. The van der Waals surface area contributed by atoms with E-state index in [9.17, 15) is 0 Å². The molecule has 0 spiro atoms. The highest BCUT2D eigenvalue weighted by Crippen LogP contribution is 2.25.